The van der Waals surface area contributed by atoms with E-state index in [1.54, 1.807) is 13.2 Å². The van der Waals surface area contributed by atoms with Gasteiger partial charge in [-0.15, -0.1) is 24.0 Å². The van der Waals surface area contributed by atoms with E-state index in [2.05, 4.69) is 51.5 Å². The summed E-state index contributed by atoms with van der Waals surface area (Å²) in [5.74, 6) is 1.63. The van der Waals surface area contributed by atoms with Crippen molar-refractivity contribution in [1.29, 1.82) is 0 Å². The molecule has 2 N–H and O–H groups in total. The lowest BCUT2D eigenvalue weighted by molar-refractivity contribution is -0.00834. The molecule has 0 radical (unpaired) electrons. The number of rotatable bonds is 8. The third-order valence-electron chi connectivity index (χ3n) is 5.28. The number of ether oxygens (including phenoxy) is 2. The lowest BCUT2D eigenvalue weighted by Crippen LogP contribution is -2.56. The molecule has 8 heteroatoms. The smallest absolute Gasteiger partial charge is 0.191 e. The van der Waals surface area contributed by atoms with Crippen LogP contribution in [0.1, 0.15) is 25.1 Å². The monoisotopic (exact) mass is 539 g/mol. The van der Waals surface area contributed by atoms with Crippen LogP contribution in [0.25, 0.3) is 0 Å². The highest BCUT2D eigenvalue weighted by Crippen LogP contribution is 2.15. The van der Waals surface area contributed by atoms with Crippen LogP contribution in [0.5, 0.6) is 5.75 Å². The van der Waals surface area contributed by atoms with Crippen molar-refractivity contribution in [2.24, 2.45) is 4.99 Å². The van der Waals surface area contributed by atoms with E-state index in [9.17, 15) is 0 Å². The molecule has 1 aromatic heterocycles. The Morgan fingerprint density at radius 1 is 1.13 bits per heavy atom. The fraction of sp³-hybridized carbons (Fsp3) is 0.478. The molecule has 170 valence electrons. The number of pyridine rings is 1. The highest BCUT2D eigenvalue weighted by molar-refractivity contribution is 14.0. The van der Waals surface area contributed by atoms with Crippen LogP contribution in [-0.4, -0.2) is 61.3 Å². The Morgan fingerprint density at radius 2 is 1.87 bits per heavy atom. The quantitative estimate of drug-likeness (QED) is 0.306. The van der Waals surface area contributed by atoms with Gasteiger partial charge in [-0.05, 0) is 43.7 Å². The molecule has 1 fully saturated rings. The van der Waals surface area contributed by atoms with Crippen molar-refractivity contribution in [2.75, 3.05) is 39.9 Å². The summed E-state index contributed by atoms with van der Waals surface area (Å²) in [6, 6.07) is 13.9. The van der Waals surface area contributed by atoms with Gasteiger partial charge in [0.25, 0.3) is 0 Å². The SMILES string of the molecule is CN=C(NCc1ccc(OCc2ccccn2)cc1)NCC(C)(C)N1CCOCC1.I. The van der Waals surface area contributed by atoms with Crippen LogP contribution in [0, 0.1) is 0 Å². The Hall–Kier alpha value is -1.91. The van der Waals surface area contributed by atoms with Crippen LogP contribution >= 0.6 is 24.0 Å². The van der Waals surface area contributed by atoms with Gasteiger partial charge >= 0.3 is 0 Å². The molecule has 0 amide bonds. The molecular formula is C23H34IN5O2. The Kier molecular flexibility index (Phi) is 10.5. The van der Waals surface area contributed by atoms with E-state index in [-0.39, 0.29) is 29.5 Å². The minimum absolute atomic E-state index is 0. The molecule has 0 unspecified atom stereocenters. The molecule has 0 saturated carbocycles. The second-order valence-electron chi connectivity index (χ2n) is 7.94. The van der Waals surface area contributed by atoms with Crippen LogP contribution < -0.4 is 15.4 Å². The molecule has 0 atom stereocenters. The highest BCUT2D eigenvalue weighted by atomic mass is 127. The van der Waals surface area contributed by atoms with Crippen LogP contribution in [0.4, 0.5) is 0 Å². The molecule has 3 rings (SSSR count). The van der Waals surface area contributed by atoms with Gasteiger partial charge in [-0.3, -0.25) is 14.9 Å². The van der Waals surface area contributed by atoms with Crippen molar-refractivity contribution in [2.45, 2.75) is 32.5 Å². The first-order chi connectivity index (χ1) is 14.6. The van der Waals surface area contributed by atoms with Gasteiger partial charge in [0, 0.05) is 45.0 Å². The van der Waals surface area contributed by atoms with E-state index in [0.29, 0.717) is 13.2 Å². The zero-order chi connectivity index (χ0) is 21.2. The summed E-state index contributed by atoms with van der Waals surface area (Å²) in [4.78, 5) is 11.1. The Balaban J connectivity index is 0.00000341. The average Bonchev–Trinajstić information content (AvgIpc) is 2.80. The summed E-state index contributed by atoms with van der Waals surface area (Å²) in [5, 5.41) is 6.84. The summed E-state index contributed by atoms with van der Waals surface area (Å²) < 4.78 is 11.3. The molecule has 7 nitrogen and oxygen atoms in total. The molecule has 0 bridgehead atoms. The number of hydrogen-bond acceptors (Lipinski definition) is 5. The maximum absolute atomic E-state index is 5.79. The van der Waals surface area contributed by atoms with Crippen LogP contribution in [0.2, 0.25) is 0 Å². The second kappa shape index (κ2) is 12.8. The Morgan fingerprint density at radius 3 is 2.52 bits per heavy atom. The van der Waals surface area contributed by atoms with Gasteiger partial charge in [0.15, 0.2) is 5.96 Å². The van der Waals surface area contributed by atoms with Crippen molar-refractivity contribution >= 4 is 29.9 Å². The van der Waals surface area contributed by atoms with Gasteiger partial charge in [-0.25, -0.2) is 0 Å². The van der Waals surface area contributed by atoms with Gasteiger partial charge < -0.3 is 20.1 Å². The number of halogens is 1. The van der Waals surface area contributed by atoms with Crippen LogP contribution in [-0.2, 0) is 17.9 Å². The first-order valence-corrected chi connectivity index (χ1v) is 10.5. The zero-order valence-electron chi connectivity index (χ0n) is 18.6. The lowest BCUT2D eigenvalue weighted by atomic mass is 10.0. The zero-order valence-corrected chi connectivity index (χ0v) is 21.0. The number of aliphatic imine (C=N–C) groups is 1. The molecule has 1 aliphatic rings. The van der Waals surface area contributed by atoms with E-state index < -0.39 is 0 Å². The summed E-state index contributed by atoms with van der Waals surface area (Å²) in [6.07, 6.45) is 1.77. The molecular weight excluding hydrogens is 505 g/mol. The van der Waals surface area contributed by atoms with Crippen molar-refractivity contribution in [1.82, 2.24) is 20.5 Å². The Bertz CT molecular complexity index is 793. The molecule has 0 spiro atoms. The number of guanidine groups is 1. The minimum atomic E-state index is 0. The van der Waals surface area contributed by atoms with Crippen molar-refractivity contribution in [3.05, 3.63) is 59.9 Å². The lowest BCUT2D eigenvalue weighted by Gasteiger charge is -2.41. The number of morpholine rings is 1. The number of benzene rings is 1. The van der Waals surface area contributed by atoms with Gasteiger partial charge in [-0.1, -0.05) is 18.2 Å². The predicted octanol–water partition coefficient (Wildman–Crippen LogP) is 3.05. The van der Waals surface area contributed by atoms with E-state index in [1.165, 1.54) is 0 Å². The third-order valence-corrected chi connectivity index (χ3v) is 5.28. The van der Waals surface area contributed by atoms with Crippen molar-refractivity contribution in [3.63, 3.8) is 0 Å². The first-order valence-electron chi connectivity index (χ1n) is 10.5. The van der Waals surface area contributed by atoms with Crippen LogP contribution in [0.3, 0.4) is 0 Å². The van der Waals surface area contributed by atoms with Crippen LogP contribution in [0.15, 0.2) is 53.7 Å². The summed E-state index contributed by atoms with van der Waals surface area (Å²) in [7, 11) is 1.80. The van der Waals surface area contributed by atoms with E-state index in [1.807, 2.05) is 30.3 Å². The fourth-order valence-corrected chi connectivity index (χ4v) is 3.33. The molecule has 2 heterocycles. The van der Waals surface area contributed by atoms with E-state index >= 15 is 0 Å². The molecule has 31 heavy (non-hydrogen) atoms. The fourth-order valence-electron chi connectivity index (χ4n) is 3.33. The Labute approximate surface area is 202 Å². The largest absolute Gasteiger partial charge is 0.487 e. The average molecular weight is 539 g/mol. The van der Waals surface area contributed by atoms with Gasteiger partial charge in [0.2, 0.25) is 0 Å². The molecule has 2 aromatic rings. The first kappa shape index (κ1) is 25.4. The third kappa shape index (κ3) is 8.27. The summed E-state index contributed by atoms with van der Waals surface area (Å²) in [5.41, 5.74) is 2.11. The number of nitrogens with one attached hydrogen (secondary N) is 2. The summed E-state index contributed by atoms with van der Waals surface area (Å²) in [6.45, 7) is 10.0. The molecule has 1 aliphatic heterocycles. The number of nitrogens with zero attached hydrogens (tertiary/aromatic N) is 3. The van der Waals surface area contributed by atoms with Crippen molar-refractivity contribution in [3.8, 4) is 5.75 Å². The highest BCUT2D eigenvalue weighted by Gasteiger charge is 2.28. The molecule has 1 saturated heterocycles. The maximum atomic E-state index is 5.79. The molecule has 1 aromatic carbocycles. The van der Waals surface area contributed by atoms with Gasteiger partial charge in [-0.2, -0.15) is 0 Å². The molecule has 0 aliphatic carbocycles. The van der Waals surface area contributed by atoms with Crippen molar-refractivity contribution < 1.29 is 9.47 Å². The number of aromatic nitrogens is 1. The van der Waals surface area contributed by atoms with E-state index in [0.717, 1.165) is 55.8 Å². The van der Waals surface area contributed by atoms with Gasteiger partial charge in [0.05, 0.1) is 18.9 Å². The standard InChI is InChI=1S/C23H33N5O2.HI/c1-23(2,28-12-14-29-15-13-28)18-27-22(24-3)26-16-19-7-9-21(10-8-19)30-17-20-6-4-5-11-25-20;/h4-11H,12-18H2,1-3H3,(H2,24,26,27);1H. The minimum Gasteiger partial charge on any atom is -0.487 e. The topological polar surface area (TPSA) is 71.0 Å². The predicted molar refractivity (Wildman–Crippen MR) is 135 cm³/mol. The normalized spacial score (nSPS) is 15.1. The van der Waals surface area contributed by atoms with Gasteiger partial charge in [0.1, 0.15) is 12.4 Å². The number of hydrogen-bond donors (Lipinski definition) is 2. The second-order valence-corrected chi connectivity index (χ2v) is 7.94. The maximum Gasteiger partial charge on any atom is 0.191 e. The summed E-state index contributed by atoms with van der Waals surface area (Å²) >= 11 is 0. The van der Waals surface area contributed by atoms with E-state index in [4.69, 9.17) is 9.47 Å².